The van der Waals surface area contributed by atoms with Crippen LogP contribution in [0.3, 0.4) is 0 Å². The van der Waals surface area contributed by atoms with E-state index >= 15 is 0 Å². The van der Waals surface area contributed by atoms with E-state index in [1.807, 2.05) is 9.12 Å². The molecule has 1 saturated heterocycles. The highest BCUT2D eigenvalue weighted by atomic mass is 127. The average Bonchev–Trinajstić information content (AvgIpc) is 2.18. The molecule has 0 unspecified atom stereocenters. The van der Waals surface area contributed by atoms with Gasteiger partial charge in [-0.3, -0.25) is 0 Å². The quantitative estimate of drug-likeness (QED) is 0.437. The number of hydrogen-bond donors (Lipinski definition) is 0. The second-order valence-electron chi connectivity index (χ2n) is 3.71. The van der Waals surface area contributed by atoms with Crippen LogP contribution in [0.2, 0.25) is 12.6 Å². The summed E-state index contributed by atoms with van der Waals surface area (Å²) < 4.78 is 2.48. The van der Waals surface area contributed by atoms with Crippen LogP contribution in [-0.4, -0.2) is 33.1 Å². The molecule has 0 N–H and O–H groups in total. The highest BCUT2D eigenvalue weighted by Crippen LogP contribution is 2.39. The summed E-state index contributed by atoms with van der Waals surface area (Å²) >= 11 is 2.39. The molecule has 0 aromatic heterocycles. The Kier molecular flexibility index (Phi) is 4.83. The molecule has 68 valence electrons. The zero-order valence-electron chi connectivity index (χ0n) is 7.98. The van der Waals surface area contributed by atoms with Gasteiger partial charge in [0.1, 0.15) is 15.7 Å². The fraction of sp³-hybridized carbons (Fsp3) is 1.00. The molecule has 12 heavy (non-hydrogen) atoms. The van der Waals surface area contributed by atoms with Crippen molar-refractivity contribution in [1.29, 1.82) is 0 Å². The Hall–Kier alpha value is 1.17. The number of halogens is 1. The maximum Gasteiger partial charge on any atom is 0.102 e. The zero-order valence-corrected chi connectivity index (χ0v) is 11.0. The highest BCUT2D eigenvalue weighted by molar-refractivity contribution is 14.2. The molecule has 0 aliphatic carbocycles. The first-order valence-electron chi connectivity index (χ1n) is 4.80. The van der Waals surface area contributed by atoms with Crippen LogP contribution < -0.4 is 0 Å². The Morgan fingerprint density at radius 3 is 2.08 bits per heavy atom. The van der Waals surface area contributed by atoms with E-state index in [1.165, 1.54) is 38.6 Å². The molecule has 1 aliphatic rings. The van der Waals surface area contributed by atoms with Gasteiger partial charge < -0.3 is 0 Å². The Balaban J connectivity index is 2.42. The molecule has 1 aliphatic heterocycles. The maximum atomic E-state index is 2.48. The third kappa shape index (κ3) is 2.58. The molecule has 0 amide bonds. The SMILES string of the molecule is BCC1(CB)CCN(SI)CC1. The lowest BCUT2D eigenvalue weighted by atomic mass is 9.63. The van der Waals surface area contributed by atoms with Crippen LogP contribution in [0.25, 0.3) is 0 Å². The molecule has 1 fully saturated rings. The third-order valence-corrected chi connectivity index (χ3v) is 5.61. The summed E-state index contributed by atoms with van der Waals surface area (Å²) in [5, 5.41) is 0. The lowest BCUT2D eigenvalue weighted by Gasteiger charge is -2.39. The molecular weight excluding hydrogens is 279 g/mol. The molecule has 1 nitrogen and oxygen atoms in total. The normalized spacial score (nSPS) is 24.1. The molecule has 5 heteroatoms. The molecule has 0 aromatic carbocycles. The minimum atomic E-state index is 0.683. The van der Waals surface area contributed by atoms with E-state index in [4.69, 9.17) is 0 Å². The van der Waals surface area contributed by atoms with Gasteiger partial charge in [0.25, 0.3) is 0 Å². The number of hydrogen-bond acceptors (Lipinski definition) is 2. The van der Waals surface area contributed by atoms with Crippen molar-refractivity contribution in [2.24, 2.45) is 5.41 Å². The van der Waals surface area contributed by atoms with Gasteiger partial charge in [-0.15, -0.1) is 0 Å². The van der Waals surface area contributed by atoms with E-state index in [-0.39, 0.29) is 0 Å². The van der Waals surface area contributed by atoms with Gasteiger partial charge in [-0.1, -0.05) is 12.6 Å². The maximum absolute atomic E-state index is 2.48. The number of piperidine rings is 1. The lowest BCUT2D eigenvalue weighted by molar-refractivity contribution is 0.207. The van der Waals surface area contributed by atoms with Crippen LogP contribution in [0.1, 0.15) is 12.8 Å². The standard InChI is InChI=1S/C7H16B2INS/c8-5-7(6-9)1-3-11(12-10)4-2-7/h1-6,8-9H2. The Morgan fingerprint density at radius 1 is 1.25 bits per heavy atom. The summed E-state index contributed by atoms with van der Waals surface area (Å²) in [5.41, 5.74) is 0.683. The molecule has 0 spiro atoms. The molecule has 0 atom stereocenters. The van der Waals surface area contributed by atoms with Gasteiger partial charge in [-0.25, -0.2) is 4.31 Å². The van der Waals surface area contributed by atoms with E-state index in [2.05, 4.69) is 41.2 Å². The number of nitrogens with zero attached hydrogens (tertiary/aromatic N) is 1. The van der Waals surface area contributed by atoms with Gasteiger partial charge >= 0.3 is 0 Å². The van der Waals surface area contributed by atoms with Gasteiger partial charge in [-0.2, -0.15) is 0 Å². The van der Waals surface area contributed by atoms with Crippen LogP contribution in [0.15, 0.2) is 0 Å². The number of rotatable bonds is 3. The van der Waals surface area contributed by atoms with Gasteiger partial charge in [-0.05, 0) is 27.4 Å². The Labute approximate surface area is 94.0 Å². The fourth-order valence-electron chi connectivity index (χ4n) is 1.99. The van der Waals surface area contributed by atoms with Crippen molar-refractivity contribution in [1.82, 2.24) is 4.31 Å². The summed E-state index contributed by atoms with van der Waals surface area (Å²) in [5.74, 6) is 0. The van der Waals surface area contributed by atoms with Crippen LogP contribution >= 0.6 is 30.3 Å². The highest BCUT2D eigenvalue weighted by Gasteiger charge is 2.30. The second kappa shape index (κ2) is 5.15. The van der Waals surface area contributed by atoms with Gasteiger partial charge in [0.15, 0.2) is 0 Å². The Bertz CT molecular complexity index is 133. The summed E-state index contributed by atoms with van der Waals surface area (Å²) in [6.07, 6.45) is 5.53. The van der Waals surface area contributed by atoms with E-state index in [0.29, 0.717) is 5.41 Å². The fourth-order valence-corrected chi connectivity index (χ4v) is 3.49. The van der Waals surface area contributed by atoms with Crippen molar-refractivity contribution in [2.75, 3.05) is 13.1 Å². The van der Waals surface area contributed by atoms with Gasteiger partial charge in [0, 0.05) is 34.3 Å². The van der Waals surface area contributed by atoms with E-state index < -0.39 is 0 Å². The van der Waals surface area contributed by atoms with Crippen molar-refractivity contribution in [2.45, 2.75) is 25.5 Å². The van der Waals surface area contributed by atoms with E-state index in [0.717, 1.165) is 0 Å². The second-order valence-corrected chi connectivity index (χ2v) is 5.54. The summed E-state index contributed by atoms with van der Waals surface area (Å²) in [4.78, 5) is 0. The lowest BCUT2D eigenvalue weighted by Crippen LogP contribution is -2.35. The van der Waals surface area contributed by atoms with Crippen LogP contribution in [-0.2, 0) is 0 Å². The van der Waals surface area contributed by atoms with E-state index in [1.54, 1.807) is 0 Å². The molecule has 1 rings (SSSR count). The first kappa shape index (κ1) is 11.2. The Morgan fingerprint density at radius 2 is 1.75 bits per heavy atom. The summed E-state index contributed by atoms with van der Waals surface area (Å²) in [7, 11) is 6.56. The topological polar surface area (TPSA) is 3.24 Å². The summed E-state index contributed by atoms with van der Waals surface area (Å²) in [6.45, 7) is 2.57. The van der Waals surface area contributed by atoms with Crippen molar-refractivity contribution in [3.8, 4) is 0 Å². The molecular formula is C7H16B2INS. The predicted octanol–water partition coefficient (Wildman–Crippen LogP) is 1.17. The minimum absolute atomic E-state index is 0.683. The van der Waals surface area contributed by atoms with Gasteiger partial charge in [0.2, 0.25) is 0 Å². The molecule has 0 saturated carbocycles. The van der Waals surface area contributed by atoms with Crippen molar-refractivity contribution >= 4 is 46.0 Å². The van der Waals surface area contributed by atoms with Crippen LogP contribution in [0.5, 0.6) is 0 Å². The van der Waals surface area contributed by atoms with Gasteiger partial charge in [0.05, 0.1) is 0 Å². The smallest absolute Gasteiger partial charge is 0.102 e. The van der Waals surface area contributed by atoms with Crippen molar-refractivity contribution < 1.29 is 0 Å². The molecule has 0 aromatic rings. The van der Waals surface area contributed by atoms with Crippen LogP contribution in [0.4, 0.5) is 0 Å². The first-order valence-corrected chi connectivity index (χ1v) is 8.11. The third-order valence-electron chi connectivity index (χ3n) is 3.38. The first-order chi connectivity index (χ1) is 5.76. The minimum Gasteiger partial charge on any atom is -0.242 e. The van der Waals surface area contributed by atoms with Crippen molar-refractivity contribution in [3.05, 3.63) is 0 Å². The predicted molar refractivity (Wildman–Crippen MR) is 71.6 cm³/mol. The zero-order chi connectivity index (χ0) is 9.03. The largest absolute Gasteiger partial charge is 0.242 e. The van der Waals surface area contributed by atoms with Crippen LogP contribution in [0, 0.1) is 5.41 Å². The van der Waals surface area contributed by atoms with E-state index in [9.17, 15) is 0 Å². The average molecular weight is 295 g/mol. The van der Waals surface area contributed by atoms with Crippen molar-refractivity contribution in [3.63, 3.8) is 0 Å². The molecule has 0 bridgehead atoms. The monoisotopic (exact) mass is 295 g/mol. The summed E-state index contributed by atoms with van der Waals surface area (Å²) in [6, 6.07) is 0. The molecule has 0 radical (unpaired) electrons. The molecule has 1 heterocycles.